The first kappa shape index (κ1) is 20.9. The van der Waals surface area contributed by atoms with Crippen molar-refractivity contribution in [1.29, 1.82) is 0 Å². The second-order valence-electron chi connectivity index (χ2n) is 9.09. The van der Waals surface area contributed by atoms with E-state index in [1.54, 1.807) is 19.3 Å². The van der Waals surface area contributed by atoms with Crippen LogP contribution in [0.3, 0.4) is 0 Å². The third-order valence-electron chi connectivity index (χ3n) is 6.22. The molecule has 1 unspecified atom stereocenters. The van der Waals surface area contributed by atoms with Crippen molar-refractivity contribution in [2.75, 3.05) is 10.6 Å². The van der Waals surface area contributed by atoms with Crippen molar-refractivity contribution in [3.8, 4) is 5.75 Å². The average molecular weight is 416 g/mol. The van der Waals surface area contributed by atoms with E-state index in [1.165, 1.54) is 5.56 Å². The van der Waals surface area contributed by atoms with Gasteiger partial charge in [-0.25, -0.2) is 0 Å². The Morgan fingerprint density at radius 1 is 1.10 bits per heavy atom. The molecule has 3 aromatic rings. The maximum Gasteiger partial charge on any atom is 0.224 e. The second-order valence-corrected chi connectivity index (χ2v) is 9.09. The molecular formula is C26H29N3O2. The van der Waals surface area contributed by atoms with Crippen LogP contribution in [0.4, 0.5) is 11.4 Å². The molecule has 5 heteroatoms. The first-order chi connectivity index (χ1) is 14.7. The molecule has 0 fully saturated rings. The summed E-state index contributed by atoms with van der Waals surface area (Å²) in [6, 6.07) is 18.2. The number of carbonyl (C=O) groups is 1. The number of hydrogen-bond donors (Lipinski definition) is 1. The molecule has 0 saturated carbocycles. The zero-order valence-corrected chi connectivity index (χ0v) is 18.6. The zero-order valence-electron chi connectivity index (χ0n) is 18.6. The number of amides is 1. The Hall–Kier alpha value is -3.34. The normalized spacial score (nSPS) is 19.5. The highest BCUT2D eigenvalue weighted by molar-refractivity contribution is 5.96. The van der Waals surface area contributed by atoms with Crippen LogP contribution in [0.5, 0.6) is 5.75 Å². The molecule has 0 saturated heterocycles. The number of pyridine rings is 1. The first-order valence-electron chi connectivity index (χ1n) is 10.5. The number of anilines is 2. The van der Waals surface area contributed by atoms with E-state index >= 15 is 0 Å². The highest BCUT2D eigenvalue weighted by atomic mass is 16.5. The van der Waals surface area contributed by atoms with E-state index in [1.807, 2.05) is 35.2 Å². The van der Waals surface area contributed by atoms with Crippen LogP contribution in [0.15, 0.2) is 67.0 Å². The Balaban J connectivity index is 1.84. The van der Waals surface area contributed by atoms with Crippen molar-refractivity contribution in [2.45, 2.75) is 51.7 Å². The van der Waals surface area contributed by atoms with Gasteiger partial charge in [0.25, 0.3) is 0 Å². The summed E-state index contributed by atoms with van der Waals surface area (Å²) in [7, 11) is 0. The van der Waals surface area contributed by atoms with Gasteiger partial charge in [0.2, 0.25) is 5.91 Å². The van der Waals surface area contributed by atoms with E-state index < -0.39 is 0 Å². The number of nitrogens with zero attached hydrogens (tertiary/aromatic N) is 2. The highest BCUT2D eigenvalue weighted by Crippen LogP contribution is 2.52. The number of aromatic nitrogens is 1. The summed E-state index contributed by atoms with van der Waals surface area (Å²) in [6.45, 7) is 8.46. The van der Waals surface area contributed by atoms with Gasteiger partial charge in [-0.1, -0.05) is 37.3 Å². The number of benzene rings is 2. The SMILES string of the molecule is CC(=O)N1c2cc(OCc3ccncc3)c(N)cc2C(C)(c2ccccc2)CC1(C)C. The minimum Gasteiger partial charge on any atom is -0.487 e. The Labute approximate surface area is 183 Å². The topological polar surface area (TPSA) is 68.5 Å². The molecule has 1 aromatic heterocycles. The fourth-order valence-corrected chi connectivity index (χ4v) is 5.00. The smallest absolute Gasteiger partial charge is 0.224 e. The minimum atomic E-state index is -0.373. The molecule has 0 bridgehead atoms. The average Bonchev–Trinajstić information content (AvgIpc) is 2.73. The van der Waals surface area contributed by atoms with Gasteiger partial charge in [-0.15, -0.1) is 0 Å². The fraction of sp³-hybridized carbons (Fsp3) is 0.308. The van der Waals surface area contributed by atoms with E-state index in [0.717, 1.165) is 23.2 Å². The van der Waals surface area contributed by atoms with E-state index in [-0.39, 0.29) is 16.9 Å². The predicted molar refractivity (Wildman–Crippen MR) is 124 cm³/mol. The number of nitrogen functional groups attached to an aromatic ring is 1. The van der Waals surface area contributed by atoms with Gasteiger partial charge < -0.3 is 15.4 Å². The maximum absolute atomic E-state index is 12.7. The summed E-state index contributed by atoms with van der Waals surface area (Å²) in [5.74, 6) is 0.584. The van der Waals surface area contributed by atoms with Crippen LogP contribution in [-0.2, 0) is 16.8 Å². The van der Waals surface area contributed by atoms with Gasteiger partial charge in [0, 0.05) is 36.3 Å². The van der Waals surface area contributed by atoms with Crippen LogP contribution in [0.2, 0.25) is 0 Å². The van der Waals surface area contributed by atoms with E-state index in [2.05, 4.69) is 50.0 Å². The van der Waals surface area contributed by atoms with Crippen molar-refractivity contribution in [3.05, 3.63) is 83.7 Å². The number of ether oxygens (including phenoxy) is 1. The highest BCUT2D eigenvalue weighted by Gasteiger charge is 2.47. The predicted octanol–water partition coefficient (Wildman–Crippen LogP) is 5.08. The van der Waals surface area contributed by atoms with Crippen LogP contribution >= 0.6 is 0 Å². The Morgan fingerprint density at radius 2 is 1.77 bits per heavy atom. The number of nitrogens with two attached hydrogens (primary N) is 1. The lowest BCUT2D eigenvalue weighted by Crippen LogP contribution is -2.55. The van der Waals surface area contributed by atoms with Crippen molar-refractivity contribution < 1.29 is 9.53 Å². The van der Waals surface area contributed by atoms with E-state index in [4.69, 9.17) is 10.5 Å². The fourth-order valence-electron chi connectivity index (χ4n) is 5.00. The van der Waals surface area contributed by atoms with Gasteiger partial charge in [0.05, 0.1) is 11.4 Å². The molecule has 0 aliphatic carbocycles. The number of fused-ring (bicyclic) bond motifs is 1. The van der Waals surface area contributed by atoms with E-state index in [9.17, 15) is 4.79 Å². The zero-order chi connectivity index (χ0) is 22.2. The Bertz CT molecular complexity index is 1100. The van der Waals surface area contributed by atoms with Crippen LogP contribution in [0.25, 0.3) is 0 Å². The number of rotatable bonds is 4. The van der Waals surface area contributed by atoms with Crippen LogP contribution in [0, 0.1) is 0 Å². The summed E-state index contributed by atoms with van der Waals surface area (Å²) >= 11 is 0. The van der Waals surface area contributed by atoms with Crippen LogP contribution in [0.1, 0.15) is 50.8 Å². The molecular weight excluding hydrogens is 386 g/mol. The lowest BCUT2D eigenvalue weighted by molar-refractivity contribution is -0.117. The second kappa shape index (κ2) is 7.73. The quantitative estimate of drug-likeness (QED) is 0.603. The van der Waals surface area contributed by atoms with Gasteiger partial charge >= 0.3 is 0 Å². The minimum absolute atomic E-state index is 0.00576. The maximum atomic E-state index is 12.7. The van der Waals surface area contributed by atoms with E-state index in [0.29, 0.717) is 18.0 Å². The molecule has 2 heterocycles. The Morgan fingerprint density at radius 3 is 2.42 bits per heavy atom. The molecule has 2 aromatic carbocycles. The molecule has 31 heavy (non-hydrogen) atoms. The number of carbonyl (C=O) groups excluding carboxylic acids is 1. The molecule has 5 nitrogen and oxygen atoms in total. The summed E-state index contributed by atoms with van der Waals surface area (Å²) in [4.78, 5) is 18.7. The molecule has 2 N–H and O–H groups in total. The standard InChI is InChI=1S/C26H29N3O2/c1-18(30)29-23-15-24(31-16-19-10-12-28-13-11-19)22(27)14-21(23)26(4,17-25(29,2)3)20-8-6-5-7-9-20/h5-15H,16-17,27H2,1-4H3. The van der Waals surface area contributed by atoms with Gasteiger partial charge in [0.1, 0.15) is 12.4 Å². The summed E-state index contributed by atoms with van der Waals surface area (Å²) < 4.78 is 6.07. The third kappa shape index (κ3) is 3.76. The van der Waals surface area contributed by atoms with Gasteiger partial charge in [-0.3, -0.25) is 9.78 Å². The monoisotopic (exact) mass is 415 g/mol. The number of hydrogen-bond acceptors (Lipinski definition) is 4. The lowest BCUT2D eigenvalue weighted by Gasteiger charge is -2.51. The first-order valence-corrected chi connectivity index (χ1v) is 10.5. The molecule has 1 amide bonds. The molecule has 160 valence electrons. The molecule has 0 spiro atoms. The van der Waals surface area contributed by atoms with Gasteiger partial charge in [-0.2, -0.15) is 0 Å². The van der Waals surface area contributed by atoms with Crippen LogP contribution in [-0.4, -0.2) is 16.4 Å². The van der Waals surface area contributed by atoms with Gasteiger partial charge in [-0.05, 0) is 55.2 Å². The van der Waals surface area contributed by atoms with Crippen LogP contribution < -0.4 is 15.4 Å². The summed E-state index contributed by atoms with van der Waals surface area (Å²) in [5.41, 5.74) is 10.5. The molecule has 0 radical (unpaired) electrons. The largest absolute Gasteiger partial charge is 0.487 e. The van der Waals surface area contributed by atoms with Crippen molar-refractivity contribution in [3.63, 3.8) is 0 Å². The van der Waals surface area contributed by atoms with Crippen molar-refractivity contribution in [1.82, 2.24) is 4.98 Å². The summed E-state index contributed by atoms with van der Waals surface area (Å²) in [6.07, 6.45) is 4.26. The summed E-state index contributed by atoms with van der Waals surface area (Å²) in [5, 5.41) is 0. The molecule has 1 aliphatic rings. The molecule has 4 rings (SSSR count). The Kier molecular flexibility index (Phi) is 5.21. The van der Waals surface area contributed by atoms with Crippen molar-refractivity contribution >= 4 is 17.3 Å². The third-order valence-corrected chi connectivity index (χ3v) is 6.22. The van der Waals surface area contributed by atoms with Gasteiger partial charge in [0.15, 0.2) is 0 Å². The lowest BCUT2D eigenvalue weighted by atomic mass is 9.65. The molecule has 1 atom stereocenters. The van der Waals surface area contributed by atoms with Crippen molar-refractivity contribution in [2.24, 2.45) is 0 Å². The molecule has 1 aliphatic heterocycles.